The van der Waals surface area contributed by atoms with E-state index in [0.717, 1.165) is 23.5 Å². The summed E-state index contributed by atoms with van der Waals surface area (Å²) in [5, 5.41) is 3.84. The van der Waals surface area contributed by atoms with Crippen LogP contribution >= 0.6 is 11.3 Å². The quantitative estimate of drug-likeness (QED) is 0.544. The summed E-state index contributed by atoms with van der Waals surface area (Å²) in [6, 6.07) is 10.1. The van der Waals surface area contributed by atoms with E-state index in [2.05, 4.69) is 12.1 Å². The van der Waals surface area contributed by atoms with Crippen LogP contribution in [-0.4, -0.2) is 45.2 Å². The van der Waals surface area contributed by atoms with Crippen molar-refractivity contribution in [3.05, 3.63) is 46.7 Å². The molecule has 1 N–H and O–H groups in total. The Balaban J connectivity index is 1.65. The van der Waals surface area contributed by atoms with E-state index in [1.165, 1.54) is 11.3 Å². The van der Waals surface area contributed by atoms with E-state index in [1.54, 1.807) is 0 Å². The Morgan fingerprint density at radius 3 is 2.38 bits per heavy atom. The number of fused-ring (bicyclic) bond motifs is 1. The minimum Gasteiger partial charge on any atom is -0.488 e. The summed E-state index contributed by atoms with van der Waals surface area (Å²) < 4.78 is 48.1. The second-order valence-electron chi connectivity index (χ2n) is 6.53. The lowest BCUT2D eigenvalue weighted by Crippen LogP contribution is -2.40. The minimum atomic E-state index is -3.96. The highest BCUT2D eigenvalue weighted by Crippen LogP contribution is 2.38. The molecule has 142 valence electrons. The molecule has 1 aromatic carbocycles. The van der Waals surface area contributed by atoms with Crippen molar-refractivity contribution in [2.45, 2.75) is 12.8 Å². The van der Waals surface area contributed by atoms with E-state index in [4.69, 9.17) is 18.8 Å². The summed E-state index contributed by atoms with van der Waals surface area (Å²) in [6.45, 7) is 1.52. The van der Waals surface area contributed by atoms with Gasteiger partial charge in [-0.25, -0.2) is 0 Å². The predicted molar refractivity (Wildman–Crippen MR) is 99.7 cm³/mol. The Labute approximate surface area is 157 Å². The van der Waals surface area contributed by atoms with Gasteiger partial charge in [-0.3, -0.25) is 4.55 Å². The fraction of sp³-hybridized carbons (Fsp3) is 0.444. The molecule has 2 heterocycles. The van der Waals surface area contributed by atoms with Crippen LogP contribution in [0.4, 0.5) is 0 Å². The number of rotatable bonds is 8. The fourth-order valence-corrected chi connectivity index (χ4v) is 4.05. The van der Waals surface area contributed by atoms with Crippen molar-refractivity contribution in [1.82, 2.24) is 0 Å². The molecule has 0 spiro atoms. The molecule has 0 saturated heterocycles. The van der Waals surface area contributed by atoms with Gasteiger partial charge in [0.25, 0.3) is 10.1 Å². The Bertz CT molecular complexity index is 778. The highest BCUT2D eigenvalue weighted by molar-refractivity contribution is 7.85. The largest absolute Gasteiger partial charge is 0.488 e. The van der Waals surface area contributed by atoms with Crippen LogP contribution in [0.15, 0.2) is 41.1 Å². The van der Waals surface area contributed by atoms with Gasteiger partial charge in [0.2, 0.25) is 0 Å². The first-order valence-corrected chi connectivity index (χ1v) is 10.9. The van der Waals surface area contributed by atoms with Crippen LogP contribution in [0.1, 0.15) is 12.0 Å². The molecule has 1 aromatic heterocycles. The summed E-state index contributed by atoms with van der Waals surface area (Å²) in [6.07, 6.45) is 0.967. The molecule has 0 saturated carbocycles. The zero-order valence-corrected chi connectivity index (χ0v) is 15.9. The molecule has 26 heavy (non-hydrogen) atoms. The molecule has 1 aliphatic rings. The van der Waals surface area contributed by atoms with Gasteiger partial charge in [-0.2, -0.15) is 8.42 Å². The normalized spacial score (nSPS) is 16.2. The Morgan fingerprint density at radius 1 is 1.12 bits per heavy atom. The summed E-state index contributed by atoms with van der Waals surface area (Å²) in [5.74, 6) is 1.19. The zero-order valence-electron chi connectivity index (χ0n) is 14.3. The smallest absolute Gasteiger partial charge is 0.264 e. The first-order chi connectivity index (χ1) is 12.5. The molecule has 0 fully saturated rings. The molecule has 2 aromatic rings. The highest BCUT2D eigenvalue weighted by atomic mass is 32.2. The molecule has 0 aliphatic carbocycles. The van der Waals surface area contributed by atoms with E-state index in [-0.39, 0.29) is 24.2 Å². The lowest BCUT2D eigenvalue weighted by Gasteiger charge is -2.31. The Morgan fingerprint density at radius 2 is 1.77 bits per heavy atom. The van der Waals surface area contributed by atoms with Crippen molar-refractivity contribution in [3.8, 4) is 11.5 Å². The van der Waals surface area contributed by atoms with E-state index < -0.39 is 10.1 Å². The molecule has 0 bridgehead atoms. The van der Waals surface area contributed by atoms with Crippen LogP contribution in [0.2, 0.25) is 0 Å². The van der Waals surface area contributed by atoms with Crippen molar-refractivity contribution in [2.75, 3.05) is 32.2 Å². The fourth-order valence-electron chi connectivity index (χ4n) is 2.88. The third-order valence-electron chi connectivity index (χ3n) is 4.18. The first kappa shape index (κ1) is 19.2. The van der Waals surface area contributed by atoms with Gasteiger partial charge in [-0.05, 0) is 18.4 Å². The first-order valence-electron chi connectivity index (χ1n) is 8.34. The van der Waals surface area contributed by atoms with Crippen LogP contribution in [0.5, 0.6) is 11.5 Å². The maximum atomic E-state index is 10.8. The number of ether oxygens (including phenoxy) is 3. The maximum absolute atomic E-state index is 10.8. The molecule has 3 rings (SSSR count). The highest BCUT2D eigenvalue weighted by Gasteiger charge is 2.36. The van der Waals surface area contributed by atoms with E-state index in [9.17, 15) is 8.42 Å². The predicted octanol–water partition coefficient (Wildman–Crippen LogP) is 3.04. The molecule has 6 nitrogen and oxygen atoms in total. The standard InChI is InChI=1S/C18H22O6S2/c19-26(20,21)8-4-7-22-12-18(9-15-5-2-1-3-6-15)13-23-16-10-25-11-17(16)24-14-18/h1-3,5-6,10-11H,4,7-9,12-14H2,(H,19,20,21). The molecule has 0 amide bonds. The molecule has 8 heteroatoms. The van der Waals surface area contributed by atoms with Crippen LogP contribution in [-0.2, 0) is 21.3 Å². The van der Waals surface area contributed by atoms with Gasteiger partial charge < -0.3 is 14.2 Å². The van der Waals surface area contributed by atoms with Crippen molar-refractivity contribution < 1.29 is 27.2 Å². The summed E-state index contributed by atoms with van der Waals surface area (Å²) in [7, 11) is -3.96. The minimum absolute atomic E-state index is 0.245. The van der Waals surface area contributed by atoms with E-state index >= 15 is 0 Å². The number of hydrogen-bond donors (Lipinski definition) is 1. The van der Waals surface area contributed by atoms with Crippen LogP contribution in [0.3, 0.4) is 0 Å². The lowest BCUT2D eigenvalue weighted by molar-refractivity contribution is -0.00439. The Kier molecular flexibility index (Phi) is 6.18. The number of thiophene rings is 1. The average molecular weight is 399 g/mol. The van der Waals surface area contributed by atoms with E-state index in [0.29, 0.717) is 19.8 Å². The number of hydrogen-bond acceptors (Lipinski definition) is 6. The summed E-state index contributed by atoms with van der Waals surface area (Å²) >= 11 is 1.53. The molecule has 1 aliphatic heterocycles. The topological polar surface area (TPSA) is 82.1 Å². The Hall–Kier alpha value is -1.61. The van der Waals surface area contributed by atoms with Gasteiger partial charge in [0, 0.05) is 17.4 Å². The maximum Gasteiger partial charge on any atom is 0.264 e. The second-order valence-corrected chi connectivity index (χ2v) is 8.85. The van der Waals surface area contributed by atoms with Crippen LogP contribution in [0.25, 0.3) is 0 Å². The zero-order chi connectivity index (χ0) is 18.5. The van der Waals surface area contributed by atoms with Crippen molar-refractivity contribution in [1.29, 1.82) is 0 Å². The third kappa shape index (κ3) is 5.44. The molecule has 0 radical (unpaired) electrons. The molecule has 0 unspecified atom stereocenters. The van der Waals surface area contributed by atoms with Crippen molar-refractivity contribution >= 4 is 21.5 Å². The monoisotopic (exact) mass is 398 g/mol. The number of benzene rings is 1. The van der Waals surface area contributed by atoms with Gasteiger partial charge in [0.05, 0.1) is 31.0 Å². The molecule has 0 atom stereocenters. The van der Waals surface area contributed by atoms with Gasteiger partial charge >= 0.3 is 0 Å². The van der Waals surface area contributed by atoms with Crippen molar-refractivity contribution in [3.63, 3.8) is 0 Å². The average Bonchev–Trinajstić information content (AvgIpc) is 2.99. The van der Waals surface area contributed by atoms with Crippen LogP contribution in [0, 0.1) is 5.41 Å². The van der Waals surface area contributed by atoms with Crippen LogP contribution < -0.4 is 9.47 Å². The second kappa shape index (κ2) is 8.39. The van der Waals surface area contributed by atoms with Gasteiger partial charge in [-0.15, -0.1) is 11.3 Å². The lowest BCUT2D eigenvalue weighted by atomic mass is 9.83. The van der Waals surface area contributed by atoms with Crippen molar-refractivity contribution in [2.24, 2.45) is 5.41 Å². The van der Waals surface area contributed by atoms with Gasteiger partial charge in [0.1, 0.15) is 0 Å². The summed E-state index contributed by atoms with van der Waals surface area (Å²) in [4.78, 5) is 0. The molecular formula is C18H22O6S2. The SMILES string of the molecule is O=S(=O)(O)CCCOCC1(Cc2ccccc2)COc2cscc2OC1. The third-order valence-corrected chi connectivity index (χ3v) is 5.69. The van der Waals surface area contributed by atoms with Gasteiger partial charge in [0.15, 0.2) is 11.5 Å². The molecular weight excluding hydrogens is 376 g/mol. The summed E-state index contributed by atoms with van der Waals surface area (Å²) in [5.41, 5.74) is 0.779. The van der Waals surface area contributed by atoms with E-state index in [1.807, 2.05) is 29.0 Å². The van der Waals surface area contributed by atoms with Gasteiger partial charge in [-0.1, -0.05) is 30.3 Å².